The highest BCUT2D eigenvalue weighted by atomic mass is 127. The Labute approximate surface area is 206 Å². The quantitative estimate of drug-likeness (QED) is 0.189. The maximum atomic E-state index is 13.1. The SMILES string of the molecule is O=C1OC(c2ccc(F)cc2)=N/C1=C\c1cc(I)c(OCCc2ccccc2)c(I)c1. The summed E-state index contributed by atoms with van der Waals surface area (Å²) >= 11 is 4.46. The van der Waals surface area contributed by atoms with Crippen molar-refractivity contribution in [1.82, 2.24) is 0 Å². The molecule has 0 saturated heterocycles. The molecule has 0 aromatic heterocycles. The van der Waals surface area contributed by atoms with Gasteiger partial charge in [0.2, 0.25) is 5.90 Å². The standard InChI is InChI=1S/C24H16FI2NO3/c25-18-8-6-17(7-9-18)23-28-21(24(29)31-23)14-16-12-19(26)22(20(27)13-16)30-11-10-15-4-2-1-3-5-15/h1-9,12-14H,10-11H2/b21-14-. The molecule has 1 aliphatic rings. The number of hydrogen-bond donors (Lipinski definition) is 0. The van der Waals surface area contributed by atoms with E-state index in [9.17, 15) is 9.18 Å². The van der Waals surface area contributed by atoms with Crippen molar-refractivity contribution >= 4 is 63.1 Å². The van der Waals surface area contributed by atoms with Crippen molar-refractivity contribution < 1.29 is 18.7 Å². The topological polar surface area (TPSA) is 47.9 Å². The molecule has 0 saturated carbocycles. The number of carbonyl (C=O) groups is 1. The summed E-state index contributed by atoms with van der Waals surface area (Å²) in [5, 5.41) is 0. The molecule has 4 rings (SSSR count). The first kappa shape index (κ1) is 21.9. The van der Waals surface area contributed by atoms with E-state index in [1.807, 2.05) is 30.3 Å². The zero-order valence-corrected chi connectivity index (χ0v) is 20.5. The number of cyclic esters (lactones) is 1. The Kier molecular flexibility index (Phi) is 7.01. The summed E-state index contributed by atoms with van der Waals surface area (Å²) in [5.74, 6) is 0.0949. The summed E-state index contributed by atoms with van der Waals surface area (Å²) in [4.78, 5) is 16.5. The maximum absolute atomic E-state index is 13.1. The summed E-state index contributed by atoms with van der Waals surface area (Å²) in [5.41, 5.74) is 2.79. The van der Waals surface area contributed by atoms with E-state index in [-0.39, 0.29) is 17.4 Å². The van der Waals surface area contributed by atoms with Gasteiger partial charge in [-0.3, -0.25) is 0 Å². The van der Waals surface area contributed by atoms with Crippen LogP contribution in [0.25, 0.3) is 6.08 Å². The minimum absolute atomic E-state index is 0.168. The second kappa shape index (κ2) is 9.90. The number of benzene rings is 3. The van der Waals surface area contributed by atoms with E-state index in [0.29, 0.717) is 12.2 Å². The molecule has 0 aliphatic carbocycles. The third kappa shape index (κ3) is 5.51. The fourth-order valence-corrected chi connectivity index (χ4v) is 5.13. The summed E-state index contributed by atoms with van der Waals surface area (Å²) in [7, 11) is 0. The van der Waals surface area contributed by atoms with Crippen molar-refractivity contribution in [1.29, 1.82) is 0 Å². The molecule has 3 aromatic carbocycles. The van der Waals surface area contributed by atoms with Gasteiger partial charge in [-0.05, 0) is 98.8 Å². The molecule has 3 aromatic rings. The van der Waals surface area contributed by atoms with Gasteiger partial charge < -0.3 is 9.47 Å². The van der Waals surface area contributed by atoms with Crippen molar-refractivity contribution in [3.63, 3.8) is 0 Å². The van der Waals surface area contributed by atoms with Crippen LogP contribution in [0.1, 0.15) is 16.7 Å². The first-order valence-corrected chi connectivity index (χ1v) is 11.6. The highest BCUT2D eigenvalue weighted by molar-refractivity contribution is 14.1. The molecule has 0 amide bonds. The van der Waals surface area contributed by atoms with Gasteiger partial charge in [0.25, 0.3) is 0 Å². The lowest BCUT2D eigenvalue weighted by molar-refractivity contribution is -0.129. The lowest BCUT2D eigenvalue weighted by Crippen LogP contribution is -2.05. The molecule has 0 unspecified atom stereocenters. The first-order valence-electron chi connectivity index (χ1n) is 9.44. The third-order valence-corrected chi connectivity index (χ3v) is 6.12. The van der Waals surface area contributed by atoms with Gasteiger partial charge in [0, 0.05) is 12.0 Å². The molecule has 0 spiro atoms. The molecule has 0 N–H and O–H groups in total. The molecule has 0 bridgehead atoms. The predicted molar refractivity (Wildman–Crippen MR) is 135 cm³/mol. The van der Waals surface area contributed by atoms with E-state index in [4.69, 9.17) is 9.47 Å². The van der Waals surface area contributed by atoms with E-state index in [1.165, 1.54) is 29.8 Å². The zero-order chi connectivity index (χ0) is 21.8. The van der Waals surface area contributed by atoms with Gasteiger partial charge >= 0.3 is 5.97 Å². The van der Waals surface area contributed by atoms with Crippen LogP contribution in [-0.4, -0.2) is 18.5 Å². The smallest absolute Gasteiger partial charge is 0.363 e. The van der Waals surface area contributed by atoms with Gasteiger partial charge in [-0.2, -0.15) is 0 Å². The highest BCUT2D eigenvalue weighted by Gasteiger charge is 2.24. The van der Waals surface area contributed by atoms with Crippen LogP contribution >= 0.6 is 45.2 Å². The Hall–Kier alpha value is -2.27. The fraction of sp³-hybridized carbons (Fsp3) is 0.0833. The van der Waals surface area contributed by atoms with Crippen LogP contribution in [-0.2, 0) is 16.0 Å². The average molecular weight is 639 g/mol. The first-order chi connectivity index (χ1) is 15.0. The molecule has 156 valence electrons. The van der Waals surface area contributed by atoms with Crippen molar-refractivity contribution in [2.45, 2.75) is 6.42 Å². The van der Waals surface area contributed by atoms with Crippen LogP contribution in [0.2, 0.25) is 0 Å². The minimum atomic E-state index is -0.535. The third-order valence-electron chi connectivity index (χ3n) is 4.52. The van der Waals surface area contributed by atoms with Crippen molar-refractivity contribution in [2.24, 2.45) is 4.99 Å². The molecule has 0 fully saturated rings. The van der Waals surface area contributed by atoms with Crippen LogP contribution in [0, 0.1) is 13.0 Å². The Morgan fingerprint density at radius 1 is 1.00 bits per heavy atom. The van der Waals surface area contributed by atoms with Gasteiger partial charge in [-0.1, -0.05) is 30.3 Å². The van der Waals surface area contributed by atoms with E-state index >= 15 is 0 Å². The van der Waals surface area contributed by atoms with Gasteiger partial charge in [-0.15, -0.1) is 0 Å². The summed E-state index contributed by atoms with van der Waals surface area (Å²) in [6, 6.07) is 19.7. The number of halogens is 3. The van der Waals surface area contributed by atoms with Gasteiger partial charge in [-0.25, -0.2) is 14.2 Å². The minimum Gasteiger partial charge on any atom is -0.491 e. The number of ether oxygens (including phenoxy) is 2. The van der Waals surface area contributed by atoms with Gasteiger partial charge in [0.05, 0.1) is 13.7 Å². The van der Waals surface area contributed by atoms with Gasteiger partial charge in [0.1, 0.15) is 11.6 Å². The molecule has 0 radical (unpaired) electrons. The number of aliphatic imine (C=N–C) groups is 1. The van der Waals surface area contributed by atoms with Crippen molar-refractivity contribution in [3.05, 3.63) is 102 Å². The average Bonchev–Trinajstić information content (AvgIpc) is 3.11. The largest absolute Gasteiger partial charge is 0.491 e. The normalized spacial score (nSPS) is 14.5. The second-order valence-corrected chi connectivity index (χ2v) is 9.07. The Morgan fingerprint density at radius 2 is 1.68 bits per heavy atom. The predicted octanol–water partition coefficient (Wildman–Crippen LogP) is 6.00. The van der Waals surface area contributed by atoms with E-state index < -0.39 is 5.97 Å². The molecular formula is C24H16FI2NO3. The van der Waals surface area contributed by atoms with Crippen LogP contribution in [0.5, 0.6) is 5.75 Å². The fourth-order valence-electron chi connectivity index (χ4n) is 3.00. The Morgan fingerprint density at radius 3 is 2.35 bits per heavy atom. The van der Waals surface area contributed by atoms with E-state index in [2.05, 4.69) is 62.3 Å². The highest BCUT2D eigenvalue weighted by Crippen LogP contribution is 2.30. The molecule has 7 heteroatoms. The number of rotatable bonds is 6. The molecule has 31 heavy (non-hydrogen) atoms. The van der Waals surface area contributed by atoms with Crippen molar-refractivity contribution in [3.8, 4) is 5.75 Å². The number of carbonyl (C=O) groups excluding carboxylic acids is 1. The summed E-state index contributed by atoms with van der Waals surface area (Å²) < 4.78 is 26.3. The lowest BCUT2D eigenvalue weighted by atomic mass is 10.1. The molecule has 0 atom stereocenters. The summed E-state index contributed by atoms with van der Waals surface area (Å²) in [6.45, 7) is 0.577. The Balaban J connectivity index is 1.50. The van der Waals surface area contributed by atoms with E-state index in [1.54, 1.807) is 6.08 Å². The maximum Gasteiger partial charge on any atom is 0.363 e. The number of hydrogen-bond acceptors (Lipinski definition) is 4. The van der Waals surface area contributed by atoms with Crippen molar-refractivity contribution in [2.75, 3.05) is 6.61 Å². The molecule has 4 nitrogen and oxygen atoms in total. The summed E-state index contributed by atoms with van der Waals surface area (Å²) in [6.07, 6.45) is 2.50. The van der Waals surface area contributed by atoms with Crippen LogP contribution in [0.4, 0.5) is 4.39 Å². The number of esters is 1. The van der Waals surface area contributed by atoms with Crippen LogP contribution in [0.3, 0.4) is 0 Å². The zero-order valence-electron chi connectivity index (χ0n) is 16.1. The van der Waals surface area contributed by atoms with E-state index in [0.717, 1.165) is 24.9 Å². The molecular weight excluding hydrogens is 623 g/mol. The lowest BCUT2D eigenvalue weighted by Gasteiger charge is -2.11. The van der Waals surface area contributed by atoms with Crippen LogP contribution < -0.4 is 4.74 Å². The monoisotopic (exact) mass is 639 g/mol. The molecule has 1 aliphatic heterocycles. The Bertz CT molecular complexity index is 1150. The number of nitrogens with zero attached hydrogens (tertiary/aromatic N) is 1. The second-order valence-electron chi connectivity index (χ2n) is 6.74. The van der Waals surface area contributed by atoms with Gasteiger partial charge in [0.15, 0.2) is 5.70 Å². The molecule has 1 heterocycles. The van der Waals surface area contributed by atoms with Crippen LogP contribution in [0.15, 0.2) is 77.4 Å².